The summed E-state index contributed by atoms with van der Waals surface area (Å²) in [6.45, 7) is 1.85. The average Bonchev–Trinajstić information content (AvgIpc) is 3.01. The molecule has 136 valence electrons. The normalized spacial score (nSPS) is 17.0. The molecule has 0 aromatic carbocycles. The lowest BCUT2D eigenvalue weighted by Crippen LogP contribution is -2.35. The number of halogens is 3. The van der Waals surface area contributed by atoms with Crippen molar-refractivity contribution in [3.63, 3.8) is 0 Å². The highest BCUT2D eigenvalue weighted by Crippen LogP contribution is 2.35. The fourth-order valence-electron chi connectivity index (χ4n) is 2.75. The Hall–Kier alpha value is -1.81. The monoisotopic (exact) mass is 372 g/mol. The van der Waals surface area contributed by atoms with Crippen LogP contribution in [0.2, 0.25) is 0 Å². The van der Waals surface area contributed by atoms with Gasteiger partial charge in [0.1, 0.15) is 17.0 Å². The number of aryl methyl sites for hydroxylation is 1. The van der Waals surface area contributed by atoms with Crippen LogP contribution in [0.4, 0.5) is 19.1 Å². The number of anilines is 1. The van der Waals surface area contributed by atoms with Crippen molar-refractivity contribution < 1.29 is 13.2 Å². The lowest BCUT2D eigenvalue weighted by molar-refractivity contribution is -0.137. The van der Waals surface area contributed by atoms with Gasteiger partial charge in [-0.15, -0.1) is 0 Å². The lowest BCUT2D eigenvalue weighted by Gasteiger charge is -2.30. The Morgan fingerprint density at radius 3 is 2.52 bits per heavy atom. The summed E-state index contributed by atoms with van der Waals surface area (Å²) in [7, 11) is 1.70. The number of hydrogen-bond acceptors (Lipinski definition) is 6. The van der Waals surface area contributed by atoms with E-state index >= 15 is 0 Å². The standard InChI is InChI=1S/C15H19F3N6S/c1-23-8-12(20-9-23)13-11(15(16,17)18)7-19-14(22-13)21-10-3-5-24(25-2)6-4-10/h7-10H,3-6H2,1-2H3,(H,19,21,22). The van der Waals surface area contributed by atoms with Crippen LogP contribution in [0, 0.1) is 0 Å². The van der Waals surface area contributed by atoms with Crippen molar-refractivity contribution >= 4 is 17.9 Å². The van der Waals surface area contributed by atoms with E-state index in [9.17, 15) is 13.2 Å². The van der Waals surface area contributed by atoms with Gasteiger partial charge in [-0.05, 0) is 19.1 Å². The fraction of sp³-hybridized carbons (Fsp3) is 0.533. The number of alkyl halides is 3. The zero-order chi connectivity index (χ0) is 18.0. The molecule has 6 nitrogen and oxygen atoms in total. The van der Waals surface area contributed by atoms with Gasteiger partial charge in [-0.2, -0.15) is 13.2 Å². The number of nitrogens with one attached hydrogen (secondary N) is 1. The molecule has 2 aromatic heterocycles. The van der Waals surface area contributed by atoms with Gasteiger partial charge in [-0.3, -0.25) is 4.31 Å². The molecule has 0 bridgehead atoms. The van der Waals surface area contributed by atoms with E-state index in [1.807, 2.05) is 6.26 Å². The minimum absolute atomic E-state index is 0.150. The highest BCUT2D eigenvalue weighted by Gasteiger charge is 2.36. The molecule has 3 heterocycles. The summed E-state index contributed by atoms with van der Waals surface area (Å²) in [5.41, 5.74) is -0.904. The maximum atomic E-state index is 13.3. The Morgan fingerprint density at radius 2 is 1.96 bits per heavy atom. The first-order valence-electron chi connectivity index (χ1n) is 7.85. The summed E-state index contributed by atoms with van der Waals surface area (Å²) in [4.78, 5) is 12.0. The molecular weight excluding hydrogens is 353 g/mol. The first-order valence-corrected chi connectivity index (χ1v) is 9.03. The minimum Gasteiger partial charge on any atom is -0.351 e. The molecule has 0 spiro atoms. The van der Waals surface area contributed by atoms with Crippen LogP contribution in [0.5, 0.6) is 0 Å². The van der Waals surface area contributed by atoms with Crippen molar-refractivity contribution in [2.45, 2.75) is 25.1 Å². The second-order valence-corrected chi connectivity index (χ2v) is 6.79. The molecule has 1 fully saturated rings. The molecule has 1 N–H and O–H groups in total. The highest BCUT2D eigenvalue weighted by atomic mass is 32.2. The molecule has 0 atom stereocenters. The Morgan fingerprint density at radius 1 is 1.24 bits per heavy atom. The second-order valence-electron chi connectivity index (χ2n) is 5.91. The molecule has 10 heteroatoms. The van der Waals surface area contributed by atoms with Gasteiger partial charge in [0.25, 0.3) is 0 Å². The van der Waals surface area contributed by atoms with Crippen LogP contribution in [0.25, 0.3) is 11.4 Å². The van der Waals surface area contributed by atoms with Crippen LogP contribution in [-0.4, -0.2) is 49.2 Å². The van der Waals surface area contributed by atoms with Crippen LogP contribution in [0.15, 0.2) is 18.7 Å². The Kier molecular flexibility index (Phi) is 5.19. The van der Waals surface area contributed by atoms with E-state index in [2.05, 4.69) is 24.6 Å². The number of imidazole rings is 1. The van der Waals surface area contributed by atoms with E-state index in [1.54, 1.807) is 23.6 Å². The zero-order valence-electron chi connectivity index (χ0n) is 13.9. The molecule has 1 aliphatic rings. The van der Waals surface area contributed by atoms with Crippen molar-refractivity contribution in [2.24, 2.45) is 7.05 Å². The molecule has 2 aromatic rings. The average molecular weight is 372 g/mol. The van der Waals surface area contributed by atoms with E-state index < -0.39 is 11.7 Å². The van der Waals surface area contributed by atoms with Gasteiger partial charge >= 0.3 is 6.18 Å². The van der Waals surface area contributed by atoms with Gasteiger partial charge < -0.3 is 9.88 Å². The van der Waals surface area contributed by atoms with E-state index in [0.717, 1.165) is 32.1 Å². The van der Waals surface area contributed by atoms with Crippen molar-refractivity contribution in [3.8, 4) is 11.4 Å². The van der Waals surface area contributed by atoms with Gasteiger partial charge in [-0.1, -0.05) is 11.9 Å². The summed E-state index contributed by atoms with van der Waals surface area (Å²) in [6.07, 6.45) is 3.08. The molecule has 0 amide bonds. The van der Waals surface area contributed by atoms with Crippen LogP contribution >= 0.6 is 11.9 Å². The number of piperidine rings is 1. The molecule has 25 heavy (non-hydrogen) atoms. The highest BCUT2D eigenvalue weighted by molar-refractivity contribution is 7.96. The van der Waals surface area contributed by atoms with Crippen LogP contribution in [0.3, 0.4) is 0 Å². The van der Waals surface area contributed by atoms with Gasteiger partial charge in [0, 0.05) is 38.6 Å². The summed E-state index contributed by atoms with van der Waals surface area (Å²) < 4.78 is 43.7. The number of hydrogen-bond donors (Lipinski definition) is 1. The third-order valence-electron chi connectivity index (χ3n) is 4.09. The maximum absolute atomic E-state index is 13.3. The largest absolute Gasteiger partial charge is 0.420 e. The molecule has 3 rings (SSSR count). The van der Waals surface area contributed by atoms with Crippen molar-refractivity contribution in [3.05, 3.63) is 24.3 Å². The summed E-state index contributed by atoms with van der Waals surface area (Å²) in [5.74, 6) is 0.205. The van der Waals surface area contributed by atoms with E-state index in [-0.39, 0.29) is 23.4 Å². The third kappa shape index (κ3) is 4.24. The zero-order valence-corrected chi connectivity index (χ0v) is 14.7. The van der Waals surface area contributed by atoms with E-state index in [4.69, 9.17) is 0 Å². The molecule has 0 saturated carbocycles. The molecule has 1 saturated heterocycles. The molecule has 0 radical (unpaired) electrons. The molecule has 1 aliphatic heterocycles. The third-order valence-corrected chi connectivity index (χ3v) is 4.97. The Bertz CT molecular complexity index is 724. The fourth-order valence-corrected chi connectivity index (χ4v) is 3.33. The number of nitrogens with zero attached hydrogens (tertiary/aromatic N) is 5. The van der Waals surface area contributed by atoms with Gasteiger partial charge in [0.05, 0.1) is 6.33 Å². The minimum atomic E-state index is -4.53. The van der Waals surface area contributed by atoms with Gasteiger partial charge in [0.2, 0.25) is 5.95 Å². The van der Waals surface area contributed by atoms with Crippen molar-refractivity contribution in [1.82, 2.24) is 23.8 Å². The molecule has 0 aliphatic carbocycles. The number of rotatable bonds is 4. The van der Waals surface area contributed by atoms with Crippen molar-refractivity contribution in [2.75, 3.05) is 24.7 Å². The number of aromatic nitrogens is 4. The van der Waals surface area contributed by atoms with Crippen molar-refractivity contribution in [1.29, 1.82) is 0 Å². The van der Waals surface area contributed by atoms with Gasteiger partial charge in [-0.25, -0.2) is 15.0 Å². The summed E-state index contributed by atoms with van der Waals surface area (Å²) >= 11 is 1.70. The first kappa shape index (κ1) is 18.0. The maximum Gasteiger partial charge on any atom is 0.420 e. The smallest absolute Gasteiger partial charge is 0.351 e. The topological polar surface area (TPSA) is 58.9 Å². The predicted molar refractivity (Wildman–Crippen MR) is 91.0 cm³/mol. The molecule has 0 unspecified atom stereocenters. The first-order chi connectivity index (χ1) is 11.9. The van der Waals surface area contributed by atoms with Crippen LogP contribution in [0.1, 0.15) is 18.4 Å². The molecular formula is C15H19F3N6S. The summed E-state index contributed by atoms with van der Waals surface area (Å²) in [6, 6.07) is 0.150. The Balaban J connectivity index is 1.84. The predicted octanol–water partition coefficient (Wildman–Crippen LogP) is 3.05. The van der Waals surface area contributed by atoms with Gasteiger partial charge in [0.15, 0.2) is 0 Å². The Labute approximate surface area is 148 Å². The van der Waals surface area contributed by atoms with E-state index in [1.165, 1.54) is 12.5 Å². The second kappa shape index (κ2) is 7.20. The summed E-state index contributed by atoms with van der Waals surface area (Å²) in [5, 5.41) is 3.16. The van der Waals surface area contributed by atoms with Crippen LogP contribution < -0.4 is 5.32 Å². The quantitative estimate of drug-likeness (QED) is 0.833. The van der Waals surface area contributed by atoms with Crippen LogP contribution in [-0.2, 0) is 13.2 Å². The SMILES string of the molecule is CSN1CCC(Nc2ncc(C(F)(F)F)c(-c3cn(C)cn3)n2)CC1. The lowest BCUT2D eigenvalue weighted by atomic mass is 10.1. The van der Waals surface area contributed by atoms with E-state index in [0.29, 0.717) is 0 Å².